The van der Waals surface area contributed by atoms with Crippen LogP contribution >= 0.6 is 11.6 Å². The molecule has 2 aromatic rings. The van der Waals surface area contributed by atoms with Crippen LogP contribution in [0, 0.1) is 5.92 Å². The Bertz CT molecular complexity index is 906. The van der Waals surface area contributed by atoms with Crippen molar-refractivity contribution in [1.82, 2.24) is 4.98 Å². The highest BCUT2D eigenvalue weighted by atomic mass is 35.5. The quantitative estimate of drug-likeness (QED) is 0.473. The van der Waals surface area contributed by atoms with E-state index < -0.39 is 0 Å². The second-order valence-corrected chi connectivity index (χ2v) is 10.3. The summed E-state index contributed by atoms with van der Waals surface area (Å²) >= 11 is 6.05. The monoisotopic (exact) mass is 457 g/mol. The lowest BCUT2D eigenvalue weighted by atomic mass is 9.80. The predicted molar refractivity (Wildman–Crippen MR) is 133 cm³/mol. The van der Waals surface area contributed by atoms with E-state index in [-0.39, 0.29) is 11.2 Å². The summed E-state index contributed by atoms with van der Waals surface area (Å²) in [6.45, 7) is 13.0. The zero-order valence-corrected chi connectivity index (χ0v) is 20.7. The number of ketones is 1. The molecule has 1 fully saturated rings. The molecule has 3 rings (SSSR count). The Morgan fingerprint density at radius 2 is 1.97 bits per heavy atom. The van der Waals surface area contributed by atoms with Gasteiger partial charge in [0.2, 0.25) is 0 Å². The maximum atomic E-state index is 11.9. The molecule has 1 N–H and O–H groups in total. The van der Waals surface area contributed by atoms with E-state index in [1.165, 1.54) is 0 Å². The van der Waals surface area contributed by atoms with Crippen LogP contribution in [0.2, 0.25) is 5.02 Å². The van der Waals surface area contributed by atoms with Gasteiger partial charge in [-0.15, -0.1) is 0 Å². The average Bonchev–Trinajstić information content (AvgIpc) is 2.73. The molecule has 32 heavy (non-hydrogen) atoms. The van der Waals surface area contributed by atoms with Gasteiger partial charge in [-0.3, -0.25) is 4.79 Å². The highest BCUT2D eigenvalue weighted by Gasteiger charge is 2.28. The van der Waals surface area contributed by atoms with Crippen LogP contribution in [0.5, 0.6) is 0 Å². The van der Waals surface area contributed by atoms with Crippen molar-refractivity contribution in [2.45, 2.75) is 65.3 Å². The van der Waals surface area contributed by atoms with Crippen LogP contribution in [0.4, 0.5) is 17.2 Å². The van der Waals surface area contributed by atoms with Crippen molar-refractivity contribution < 1.29 is 9.53 Å². The Morgan fingerprint density at radius 3 is 2.56 bits per heavy atom. The number of carbonyl (C=O) groups is 1. The van der Waals surface area contributed by atoms with Gasteiger partial charge in [0.05, 0.1) is 16.4 Å². The van der Waals surface area contributed by atoms with Crippen molar-refractivity contribution in [3.8, 4) is 0 Å². The summed E-state index contributed by atoms with van der Waals surface area (Å²) in [6, 6.07) is 10.7. The fourth-order valence-corrected chi connectivity index (χ4v) is 4.57. The topological polar surface area (TPSA) is 54.5 Å². The van der Waals surface area contributed by atoms with Crippen LogP contribution in [0.15, 0.2) is 36.5 Å². The third kappa shape index (κ3) is 6.46. The molecular weight excluding hydrogens is 422 g/mol. The van der Waals surface area contributed by atoms with E-state index in [9.17, 15) is 4.79 Å². The van der Waals surface area contributed by atoms with Gasteiger partial charge in [0.15, 0.2) is 0 Å². The fourth-order valence-electron chi connectivity index (χ4n) is 4.45. The molecule has 0 atom stereocenters. The van der Waals surface area contributed by atoms with Crippen LogP contribution in [0.3, 0.4) is 0 Å². The van der Waals surface area contributed by atoms with Gasteiger partial charge in [-0.2, -0.15) is 0 Å². The fraction of sp³-hybridized carbons (Fsp3) is 0.538. The maximum absolute atomic E-state index is 11.9. The molecule has 1 aliphatic heterocycles. The number of aromatic nitrogens is 1. The number of hydrogen-bond donors (Lipinski definition) is 1. The number of halogens is 1. The molecule has 1 aromatic heterocycles. The lowest BCUT2D eigenvalue weighted by Gasteiger charge is -2.39. The summed E-state index contributed by atoms with van der Waals surface area (Å²) < 4.78 is 5.63. The Balaban J connectivity index is 2.05. The van der Waals surface area contributed by atoms with Crippen molar-refractivity contribution in [1.29, 1.82) is 0 Å². The van der Waals surface area contributed by atoms with Crippen LogP contribution in [-0.2, 0) is 14.9 Å². The zero-order chi connectivity index (χ0) is 23.3. The minimum atomic E-state index is -0.254. The average molecular weight is 458 g/mol. The number of rotatable bonds is 9. The number of nitrogens with one attached hydrogen (secondary N) is 1. The zero-order valence-electron chi connectivity index (χ0n) is 20.0. The molecular formula is C26H36ClN3O2. The number of hydrogen-bond acceptors (Lipinski definition) is 5. The first kappa shape index (κ1) is 24.5. The van der Waals surface area contributed by atoms with E-state index in [1.807, 2.05) is 12.1 Å². The van der Waals surface area contributed by atoms with Gasteiger partial charge in [0.1, 0.15) is 11.6 Å². The lowest BCUT2D eigenvalue weighted by molar-refractivity contribution is -0.118. The third-order valence-electron chi connectivity index (χ3n) is 5.96. The van der Waals surface area contributed by atoms with Crippen LogP contribution in [0.1, 0.15) is 59.4 Å². The molecule has 1 saturated heterocycles. The van der Waals surface area contributed by atoms with Crippen molar-refractivity contribution in [3.63, 3.8) is 0 Å². The summed E-state index contributed by atoms with van der Waals surface area (Å²) in [4.78, 5) is 18.9. The first-order valence-corrected chi connectivity index (χ1v) is 11.9. The molecule has 174 valence electrons. The highest BCUT2D eigenvalue weighted by molar-refractivity contribution is 6.30. The minimum absolute atomic E-state index is 0.191. The Labute approximate surface area is 197 Å². The Kier molecular flexibility index (Phi) is 8.18. The number of nitrogens with zero attached hydrogens (tertiary/aromatic N) is 2. The number of benzene rings is 1. The first-order chi connectivity index (χ1) is 15.2. The molecule has 1 aromatic carbocycles. The Hall–Kier alpha value is -2.11. The summed E-state index contributed by atoms with van der Waals surface area (Å²) in [6.07, 6.45) is 4.18. The molecule has 0 radical (unpaired) electrons. The molecule has 0 bridgehead atoms. The lowest BCUT2D eigenvalue weighted by Crippen LogP contribution is -2.42. The number of anilines is 3. The van der Waals surface area contributed by atoms with Gasteiger partial charge >= 0.3 is 0 Å². The molecule has 0 unspecified atom stereocenters. The van der Waals surface area contributed by atoms with E-state index in [4.69, 9.17) is 16.3 Å². The first-order valence-electron chi connectivity index (χ1n) is 11.5. The smallest absolute Gasteiger partial charge is 0.130 e. The summed E-state index contributed by atoms with van der Waals surface area (Å²) in [5, 5.41) is 4.14. The third-order valence-corrected chi connectivity index (χ3v) is 6.19. The molecule has 0 spiro atoms. The predicted octanol–water partition coefficient (Wildman–Crippen LogP) is 6.38. The molecule has 0 amide bonds. The normalized spacial score (nSPS) is 15.1. The van der Waals surface area contributed by atoms with Crippen LogP contribution in [-0.4, -0.2) is 36.6 Å². The van der Waals surface area contributed by atoms with Crippen LogP contribution in [0.25, 0.3) is 0 Å². The van der Waals surface area contributed by atoms with Crippen LogP contribution < -0.4 is 10.2 Å². The van der Waals surface area contributed by atoms with Gasteiger partial charge in [-0.05, 0) is 60.9 Å². The summed E-state index contributed by atoms with van der Waals surface area (Å²) in [7, 11) is 0. The van der Waals surface area contributed by atoms with Gasteiger partial charge in [-0.25, -0.2) is 4.98 Å². The van der Waals surface area contributed by atoms with Gasteiger partial charge < -0.3 is 15.0 Å². The molecule has 0 saturated carbocycles. The number of pyridine rings is 1. The van der Waals surface area contributed by atoms with E-state index in [1.54, 1.807) is 13.1 Å². The minimum Gasteiger partial charge on any atom is -0.381 e. The number of carbonyl (C=O) groups excluding carboxylic acids is 1. The van der Waals surface area contributed by atoms with Crippen molar-refractivity contribution in [3.05, 3.63) is 47.1 Å². The molecule has 1 aliphatic rings. The van der Waals surface area contributed by atoms with E-state index in [0.29, 0.717) is 23.4 Å². The molecule has 2 heterocycles. The molecule has 0 aliphatic carbocycles. The van der Waals surface area contributed by atoms with Crippen molar-refractivity contribution in [2.24, 2.45) is 5.92 Å². The molecule has 6 heteroatoms. The Morgan fingerprint density at radius 1 is 1.25 bits per heavy atom. The highest BCUT2D eigenvalue weighted by Crippen LogP contribution is 2.38. The van der Waals surface area contributed by atoms with Gasteiger partial charge in [0, 0.05) is 38.4 Å². The standard InChI is InChI=1S/C26H36ClN3O2/c1-18(2)17-30(22-10-12-32-13-11-22)24-8-6-20(26(4,5)15-19(3)31)14-23(24)29-25-9-7-21(27)16-28-25/h6-9,14,16,18,22H,10-13,15,17H2,1-5H3,(H,28,29). The second kappa shape index (κ2) is 10.7. The number of ether oxygens (including phenoxy) is 1. The van der Waals surface area contributed by atoms with Gasteiger partial charge in [0.25, 0.3) is 0 Å². The maximum Gasteiger partial charge on any atom is 0.130 e. The van der Waals surface area contributed by atoms with E-state index >= 15 is 0 Å². The summed E-state index contributed by atoms with van der Waals surface area (Å²) in [5.41, 5.74) is 3.03. The number of Topliss-reactive ketones (excluding diaryl/α,β-unsaturated/α-hetero) is 1. The van der Waals surface area contributed by atoms with Crippen molar-refractivity contribution in [2.75, 3.05) is 30.0 Å². The van der Waals surface area contributed by atoms with E-state index in [0.717, 1.165) is 55.4 Å². The van der Waals surface area contributed by atoms with Crippen molar-refractivity contribution >= 4 is 34.6 Å². The largest absolute Gasteiger partial charge is 0.381 e. The molecule has 5 nitrogen and oxygen atoms in total. The second-order valence-electron chi connectivity index (χ2n) is 9.87. The van der Waals surface area contributed by atoms with Gasteiger partial charge in [-0.1, -0.05) is 45.4 Å². The summed E-state index contributed by atoms with van der Waals surface area (Å²) in [5.74, 6) is 1.46. The van der Waals surface area contributed by atoms with E-state index in [2.05, 4.69) is 61.1 Å². The SMILES string of the molecule is CC(=O)CC(C)(C)c1ccc(N(CC(C)C)C2CCOCC2)c(Nc2ccc(Cl)cn2)c1.